The summed E-state index contributed by atoms with van der Waals surface area (Å²) in [6, 6.07) is 8.98. The molecule has 0 saturated carbocycles. The second-order valence-electron chi connectivity index (χ2n) is 4.61. The number of aryl methyl sites for hydroxylation is 1. The van der Waals surface area contributed by atoms with Crippen LogP contribution in [0.15, 0.2) is 36.5 Å². The predicted octanol–water partition coefficient (Wildman–Crippen LogP) is 3.75. The zero-order valence-corrected chi connectivity index (χ0v) is 11.1. The van der Waals surface area contributed by atoms with E-state index < -0.39 is 0 Å². The number of Topliss-reactive ketones (excluding diaryl/α,β-unsaturated/α-hetero) is 1. The molecule has 0 N–H and O–H groups in total. The number of pyridine rings is 1. The molecule has 1 aliphatic heterocycles. The zero-order chi connectivity index (χ0) is 13.4. The van der Waals surface area contributed by atoms with Gasteiger partial charge in [0, 0.05) is 22.5 Å². The van der Waals surface area contributed by atoms with Gasteiger partial charge in [-0.05, 0) is 31.2 Å². The van der Waals surface area contributed by atoms with E-state index in [1.54, 1.807) is 24.4 Å². The van der Waals surface area contributed by atoms with Crippen LogP contribution in [0, 0.1) is 6.92 Å². The Morgan fingerprint density at radius 2 is 2.16 bits per heavy atom. The Hall–Kier alpha value is -1.87. The molecule has 19 heavy (non-hydrogen) atoms. The summed E-state index contributed by atoms with van der Waals surface area (Å²) in [7, 11) is 0. The molecule has 0 bridgehead atoms. The fourth-order valence-corrected chi connectivity index (χ4v) is 2.32. The molecule has 96 valence electrons. The van der Waals surface area contributed by atoms with Gasteiger partial charge in [0.25, 0.3) is 0 Å². The summed E-state index contributed by atoms with van der Waals surface area (Å²) >= 11 is 5.89. The molecule has 4 heteroatoms. The van der Waals surface area contributed by atoms with Crippen LogP contribution >= 0.6 is 11.6 Å². The van der Waals surface area contributed by atoms with Crippen molar-refractivity contribution in [3.63, 3.8) is 0 Å². The Kier molecular flexibility index (Phi) is 2.99. The van der Waals surface area contributed by atoms with E-state index in [4.69, 9.17) is 16.3 Å². The number of ketones is 1. The van der Waals surface area contributed by atoms with Crippen molar-refractivity contribution in [2.24, 2.45) is 0 Å². The molecule has 0 fully saturated rings. The normalized spacial score (nSPS) is 17.8. The van der Waals surface area contributed by atoms with Crippen LogP contribution in [0.1, 0.15) is 34.1 Å². The summed E-state index contributed by atoms with van der Waals surface area (Å²) in [5.41, 5.74) is 2.42. The third-order valence-corrected chi connectivity index (χ3v) is 3.42. The molecule has 0 amide bonds. The Balaban J connectivity index is 1.95. The van der Waals surface area contributed by atoms with Crippen molar-refractivity contribution in [1.29, 1.82) is 0 Å². The molecule has 1 aromatic carbocycles. The average Bonchev–Trinajstić information content (AvgIpc) is 2.40. The molecule has 0 aliphatic carbocycles. The van der Waals surface area contributed by atoms with Gasteiger partial charge in [-0.1, -0.05) is 17.7 Å². The van der Waals surface area contributed by atoms with Crippen molar-refractivity contribution in [2.75, 3.05) is 0 Å². The number of fused-ring (bicyclic) bond motifs is 1. The highest BCUT2D eigenvalue weighted by molar-refractivity contribution is 6.31. The van der Waals surface area contributed by atoms with Crippen molar-refractivity contribution in [1.82, 2.24) is 4.98 Å². The van der Waals surface area contributed by atoms with E-state index >= 15 is 0 Å². The maximum atomic E-state index is 12.1. The van der Waals surface area contributed by atoms with E-state index in [9.17, 15) is 4.79 Å². The topological polar surface area (TPSA) is 39.2 Å². The summed E-state index contributed by atoms with van der Waals surface area (Å²) in [6.45, 7) is 1.92. The quantitative estimate of drug-likeness (QED) is 0.794. The van der Waals surface area contributed by atoms with Crippen LogP contribution in [0.5, 0.6) is 5.75 Å². The second-order valence-corrected chi connectivity index (χ2v) is 5.04. The number of benzene rings is 1. The highest BCUT2D eigenvalue weighted by Crippen LogP contribution is 2.35. The minimum absolute atomic E-state index is 0.0503. The number of halogens is 1. The lowest BCUT2D eigenvalue weighted by molar-refractivity contribution is 0.0850. The van der Waals surface area contributed by atoms with Gasteiger partial charge in [0.2, 0.25) is 0 Å². The molecule has 1 aliphatic rings. The monoisotopic (exact) mass is 273 g/mol. The minimum Gasteiger partial charge on any atom is -0.484 e. The average molecular weight is 274 g/mol. The molecule has 0 radical (unpaired) electrons. The molecule has 1 atom stereocenters. The van der Waals surface area contributed by atoms with E-state index in [1.807, 2.05) is 19.1 Å². The summed E-state index contributed by atoms with van der Waals surface area (Å²) in [6.07, 6.45) is 1.81. The van der Waals surface area contributed by atoms with Crippen LogP contribution in [0.3, 0.4) is 0 Å². The second kappa shape index (κ2) is 4.67. The first kappa shape index (κ1) is 12.2. The first-order chi connectivity index (χ1) is 9.13. The van der Waals surface area contributed by atoms with Crippen LogP contribution in [0.4, 0.5) is 0 Å². The van der Waals surface area contributed by atoms with Gasteiger partial charge in [0.1, 0.15) is 11.9 Å². The Bertz CT molecular complexity index is 637. The zero-order valence-electron chi connectivity index (χ0n) is 10.4. The molecule has 3 nitrogen and oxygen atoms in total. The lowest BCUT2D eigenvalue weighted by atomic mass is 9.97. The number of nitrogens with zero attached hydrogens (tertiary/aromatic N) is 1. The van der Waals surface area contributed by atoms with Gasteiger partial charge in [0.15, 0.2) is 5.78 Å². The van der Waals surface area contributed by atoms with Crippen molar-refractivity contribution in [2.45, 2.75) is 19.4 Å². The van der Waals surface area contributed by atoms with Gasteiger partial charge < -0.3 is 4.74 Å². The number of carbonyl (C=O) groups excluding carboxylic acids is 1. The largest absolute Gasteiger partial charge is 0.484 e. The molecule has 0 saturated heterocycles. The lowest BCUT2D eigenvalue weighted by Crippen LogP contribution is -2.20. The van der Waals surface area contributed by atoms with E-state index in [1.165, 1.54) is 0 Å². The Labute approximate surface area is 116 Å². The van der Waals surface area contributed by atoms with E-state index in [0.717, 1.165) is 11.3 Å². The smallest absolute Gasteiger partial charge is 0.170 e. The molecule has 2 aromatic rings. The summed E-state index contributed by atoms with van der Waals surface area (Å²) < 4.78 is 5.86. The summed E-state index contributed by atoms with van der Waals surface area (Å²) in [4.78, 5) is 16.4. The third-order valence-electron chi connectivity index (χ3n) is 3.19. The maximum absolute atomic E-state index is 12.1. The fourth-order valence-electron chi connectivity index (χ4n) is 2.15. The van der Waals surface area contributed by atoms with Gasteiger partial charge in [-0.15, -0.1) is 0 Å². The molecular formula is C15H12ClNO2. The van der Waals surface area contributed by atoms with Crippen LogP contribution in [0.2, 0.25) is 5.02 Å². The van der Waals surface area contributed by atoms with Crippen LogP contribution in [-0.2, 0) is 0 Å². The number of aromatic nitrogens is 1. The van der Waals surface area contributed by atoms with Crippen molar-refractivity contribution >= 4 is 17.4 Å². The maximum Gasteiger partial charge on any atom is 0.170 e. The molecular weight excluding hydrogens is 262 g/mol. The summed E-state index contributed by atoms with van der Waals surface area (Å²) in [5.74, 6) is 0.639. The summed E-state index contributed by atoms with van der Waals surface area (Å²) in [5, 5.41) is 0.547. The number of rotatable bonds is 1. The van der Waals surface area contributed by atoms with E-state index in [0.29, 0.717) is 22.8 Å². The van der Waals surface area contributed by atoms with Crippen molar-refractivity contribution < 1.29 is 9.53 Å². The predicted molar refractivity (Wildman–Crippen MR) is 72.7 cm³/mol. The van der Waals surface area contributed by atoms with Gasteiger partial charge >= 0.3 is 0 Å². The first-order valence-corrected chi connectivity index (χ1v) is 6.43. The van der Waals surface area contributed by atoms with Crippen molar-refractivity contribution in [3.8, 4) is 5.75 Å². The molecule has 1 unspecified atom stereocenters. The number of hydrogen-bond acceptors (Lipinski definition) is 3. The molecule has 1 aromatic heterocycles. The van der Waals surface area contributed by atoms with Crippen LogP contribution in [-0.4, -0.2) is 10.8 Å². The van der Waals surface area contributed by atoms with Crippen molar-refractivity contribution in [3.05, 3.63) is 58.4 Å². The first-order valence-electron chi connectivity index (χ1n) is 6.05. The molecule has 2 heterocycles. The number of ether oxygens (including phenoxy) is 1. The van der Waals surface area contributed by atoms with Crippen LogP contribution < -0.4 is 4.74 Å². The highest BCUT2D eigenvalue weighted by atomic mass is 35.5. The lowest BCUT2D eigenvalue weighted by Gasteiger charge is -2.25. The Morgan fingerprint density at radius 3 is 2.89 bits per heavy atom. The Morgan fingerprint density at radius 1 is 1.32 bits per heavy atom. The standard InChI is InChI=1S/C15H12ClNO2/c1-9-2-3-10(8-17-9)15-7-13(18)12-6-11(16)4-5-14(12)19-15/h2-6,8,15H,7H2,1H3. The van der Waals surface area contributed by atoms with Gasteiger partial charge in [-0.2, -0.15) is 0 Å². The van der Waals surface area contributed by atoms with Gasteiger partial charge in [0.05, 0.1) is 12.0 Å². The molecule has 3 rings (SSSR count). The number of carbonyl (C=O) groups is 1. The van der Waals surface area contributed by atoms with Crippen LogP contribution in [0.25, 0.3) is 0 Å². The highest BCUT2D eigenvalue weighted by Gasteiger charge is 2.27. The SMILES string of the molecule is Cc1ccc(C2CC(=O)c3cc(Cl)ccc3O2)cn1. The van der Waals surface area contributed by atoms with E-state index in [-0.39, 0.29) is 11.9 Å². The van der Waals surface area contributed by atoms with Gasteiger partial charge in [-0.3, -0.25) is 9.78 Å². The third kappa shape index (κ3) is 2.34. The number of hydrogen-bond donors (Lipinski definition) is 0. The molecule has 0 spiro atoms. The van der Waals surface area contributed by atoms with Gasteiger partial charge in [-0.25, -0.2) is 0 Å². The fraction of sp³-hybridized carbons (Fsp3) is 0.200. The van der Waals surface area contributed by atoms with E-state index in [2.05, 4.69) is 4.98 Å². The minimum atomic E-state index is -0.269.